The van der Waals surface area contributed by atoms with Gasteiger partial charge in [0.1, 0.15) is 24.7 Å². The quantitative estimate of drug-likeness (QED) is 0.117. The van der Waals surface area contributed by atoms with Crippen LogP contribution in [0.5, 0.6) is 17.2 Å². The summed E-state index contributed by atoms with van der Waals surface area (Å²) >= 11 is 1.35. The monoisotopic (exact) mass is 570 g/mol. The van der Waals surface area contributed by atoms with Gasteiger partial charge < -0.3 is 19.3 Å². The average Bonchev–Trinajstić information content (AvgIpc) is 3.51. The Morgan fingerprint density at radius 2 is 1.88 bits per heavy atom. The highest BCUT2D eigenvalue weighted by Gasteiger charge is 2.48. The lowest BCUT2D eigenvalue weighted by molar-refractivity contribution is -0.132. The highest BCUT2D eigenvalue weighted by atomic mass is 32.1. The molecule has 9 heteroatoms. The number of aliphatic hydroxyl groups excluding tert-OH is 1. The summed E-state index contributed by atoms with van der Waals surface area (Å²) in [6.07, 6.45) is 1.89. The molecule has 0 radical (unpaired) electrons. The number of aryl methyl sites for hydroxylation is 2. The van der Waals surface area contributed by atoms with Crippen LogP contribution in [0.15, 0.2) is 60.2 Å². The lowest BCUT2D eigenvalue weighted by Crippen LogP contribution is -2.29. The average molecular weight is 571 g/mol. The van der Waals surface area contributed by atoms with Crippen LogP contribution in [-0.2, 0) is 9.59 Å². The zero-order valence-corrected chi connectivity index (χ0v) is 23.9. The molecule has 3 heterocycles. The van der Waals surface area contributed by atoms with Gasteiger partial charge in [0, 0.05) is 5.56 Å². The summed E-state index contributed by atoms with van der Waals surface area (Å²) in [6.45, 7) is 7.43. The summed E-state index contributed by atoms with van der Waals surface area (Å²) in [5.74, 6) is -0.183. The summed E-state index contributed by atoms with van der Waals surface area (Å²) < 4.78 is 18.2. The number of hydrogen-bond donors (Lipinski definition) is 1. The van der Waals surface area contributed by atoms with Crippen molar-refractivity contribution >= 4 is 44.1 Å². The number of hydrogen-bond acceptors (Lipinski definition) is 8. The molecule has 1 amide bonds. The second-order valence-electron chi connectivity index (χ2n) is 10.2. The van der Waals surface area contributed by atoms with Crippen molar-refractivity contribution in [2.75, 3.05) is 24.7 Å². The Morgan fingerprint density at radius 3 is 2.68 bits per heavy atom. The van der Waals surface area contributed by atoms with Crippen molar-refractivity contribution in [2.24, 2.45) is 0 Å². The second-order valence-corrected chi connectivity index (χ2v) is 11.2. The first-order valence-electron chi connectivity index (χ1n) is 13.7. The van der Waals surface area contributed by atoms with Gasteiger partial charge in [-0.25, -0.2) is 4.98 Å². The highest BCUT2D eigenvalue weighted by molar-refractivity contribution is 7.22. The number of aromatic nitrogens is 1. The van der Waals surface area contributed by atoms with Gasteiger partial charge in [-0.2, -0.15) is 0 Å². The van der Waals surface area contributed by atoms with Gasteiger partial charge >= 0.3 is 5.91 Å². The SMILES string of the molecule is CCCCOc1cccc([C@@H]2/C(=C(\O)c3ccc4c(c3)OCCO4)C(=O)C(=O)N2c2nc3c(C)cc(C)cc3s2)c1. The van der Waals surface area contributed by atoms with Crippen LogP contribution in [0.25, 0.3) is 16.0 Å². The molecule has 1 saturated heterocycles. The van der Waals surface area contributed by atoms with Gasteiger partial charge in [-0.1, -0.05) is 42.9 Å². The van der Waals surface area contributed by atoms with E-state index in [2.05, 4.69) is 6.92 Å². The van der Waals surface area contributed by atoms with E-state index in [0.717, 1.165) is 34.2 Å². The van der Waals surface area contributed by atoms with Gasteiger partial charge in [0.15, 0.2) is 16.6 Å². The molecule has 0 aliphatic carbocycles. The number of fused-ring (bicyclic) bond motifs is 2. The van der Waals surface area contributed by atoms with E-state index in [1.54, 1.807) is 18.2 Å². The van der Waals surface area contributed by atoms with Crippen molar-refractivity contribution in [3.05, 3.63) is 82.4 Å². The Labute approximate surface area is 241 Å². The number of benzene rings is 3. The van der Waals surface area contributed by atoms with Crippen LogP contribution in [0.3, 0.4) is 0 Å². The minimum Gasteiger partial charge on any atom is -0.507 e. The van der Waals surface area contributed by atoms with Crippen LogP contribution < -0.4 is 19.1 Å². The number of amides is 1. The van der Waals surface area contributed by atoms with Crippen LogP contribution in [0.4, 0.5) is 5.13 Å². The zero-order valence-electron chi connectivity index (χ0n) is 23.1. The molecule has 3 aromatic carbocycles. The third-order valence-electron chi connectivity index (χ3n) is 7.23. The molecular weight excluding hydrogens is 540 g/mol. The van der Waals surface area contributed by atoms with Crippen molar-refractivity contribution < 1.29 is 28.9 Å². The molecule has 0 bridgehead atoms. The minimum atomic E-state index is -0.917. The number of aliphatic hydroxyl groups is 1. The summed E-state index contributed by atoms with van der Waals surface area (Å²) in [7, 11) is 0. The predicted octanol–water partition coefficient (Wildman–Crippen LogP) is 6.49. The fourth-order valence-corrected chi connectivity index (χ4v) is 6.43. The van der Waals surface area contributed by atoms with Gasteiger partial charge in [-0.3, -0.25) is 14.5 Å². The number of rotatable bonds is 7. The number of thiazole rings is 1. The Balaban J connectivity index is 1.51. The van der Waals surface area contributed by atoms with Gasteiger partial charge in [0.05, 0.1) is 28.4 Å². The largest absolute Gasteiger partial charge is 0.507 e. The van der Waals surface area contributed by atoms with E-state index in [4.69, 9.17) is 19.2 Å². The first-order valence-corrected chi connectivity index (χ1v) is 14.5. The fraction of sp³-hybridized carbons (Fsp3) is 0.281. The lowest BCUT2D eigenvalue weighted by Gasteiger charge is -2.24. The van der Waals surface area contributed by atoms with E-state index in [9.17, 15) is 14.7 Å². The number of carbonyl (C=O) groups excluding carboxylic acids is 2. The number of Topliss-reactive ketones (excluding diaryl/α,β-unsaturated/α-hetero) is 1. The molecule has 6 rings (SSSR count). The van der Waals surface area contributed by atoms with Crippen molar-refractivity contribution in [2.45, 2.75) is 39.7 Å². The molecule has 2 aliphatic heterocycles. The molecule has 1 fully saturated rings. The molecule has 1 aromatic heterocycles. The molecule has 0 unspecified atom stereocenters. The Hall–Kier alpha value is -4.37. The van der Waals surface area contributed by atoms with Crippen molar-refractivity contribution in [3.63, 3.8) is 0 Å². The van der Waals surface area contributed by atoms with E-state index in [1.165, 1.54) is 16.2 Å². The van der Waals surface area contributed by atoms with E-state index in [-0.39, 0.29) is 11.3 Å². The van der Waals surface area contributed by atoms with Crippen molar-refractivity contribution in [1.29, 1.82) is 0 Å². The van der Waals surface area contributed by atoms with Crippen LogP contribution in [0.2, 0.25) is 0 Å². The van der Waals surface area contributed by atoms with Crippen LogP contribution >= 0.6 is 11.3 Å². The fourth-order valence-electron chi connectivity index (χ4n) is 5.26. The maximum absolute atomic E-state index is 13.7. The summed E-state index contributed by atoms with van der Waals surface area (Å²) in [4.78, 5) is 33.6. The smallest absolute Gasteiger partial charge is 0.301 e. The molecule has 41 heavy (non-hydrogen) atoms. The maximum atomic E-state index is 13.7. The molecular formula is C32H30N2O6S. The molecule has 8 nitrogen and oxygen atoms in total. The third kappa shape index (κ3) is 4.91. The van der Waals surface area contributed by atoms with E-state index >= 15 is 0 Å². The Kier molecular flexibility index (Phi) is 7.13. The number of carbonyl (C=O) groups is 2. The number of nitrogens with zero attached hydrogens (tertiary/aromatic N) is 2. The number of anilines is 1. The first kappa shape index (κ1) is 26.8. The number of unbranched alkanes of at least 4 members (excludes halogenated alkanes) is 1. The van der Waals surface area contributed by atoms with Gasteiger partial charge in [-0.15, -0.1) is 0 Å². The Morgan fingerprint density at radius 1 is 1.07 bits per heavy atom. The second kappa shape index (κ2) is 10.9. The molecule has 210 valence electrons. The summed E-state index contributed by atoms with van der Waals surface area (Å²) in [6, 6.07) is 15.4. The summed E-state index contributed by atoms with van der Waals surface area (Å²) in [5, 5.41) is 12.0. The molecule has 1 N–H and O–H groups in total. The van der Waals surface area contributed by atoms with E-state index in [1.807, 2.05) is 50.2 Å². The maximum Gasteiger partial charge on any atom is 0.301 e. The predicted molar refractivity (Wildman–Crippen MR) is 158 cm³/mol. The molecule has 0 saturated carbocycles. The molecule has 4 aromatic rings. The minimum absolute atomic E-state index is 0.0236. The normalized spacial score (nSPS) is 17.8. The van der Waals surface area contributed by atoms with Crippen LogP contribution in [-0.4, -0.2) is 41.6 Å². The molecule has 1 atom stereocenters. The van der Waals surface area contributed by atoms with Gasteiger partial charge in [0.25, 0.3) is 5.78 Å². The van der Waals surface area contributed by atoms with Crippen molar-refractivity contribution in [1.82, 2.24) is 4.98 Å². The third-order valence-corrected chi connectivity index (χ3v) is 8.23. The highest BCUT2D eigenvalue weighted by Crippen LogP contribution is 2.46. The first-order chi connectivity index (χ1) is 19.9. The standard InChI is InChI=1S/C32H30N2O6S/c1-4-5-11-38-22-8-6-7-20(16-22)28-26(29(35)21-9-10-23-24(17-21)40-13-12-39-23)30(36)31(37)34(28)32-33-27-19(3)14-18(2)15-25(27)41-32/h6-10,14-17,28,35H,4-5,11-13H2,1-3H3/b29-26+/t28-/m1/s1. The van der Waals surface area contributed by atoms with Gasteiger partial charge in [0.2, 0.25) is 0 Å². The van der Waals surface area contributed by atoms with Crippen LogP contribution in [0.1, 0.15) is 48.1 Å². The lowest BCUT2D eigenvalue weighted by atomic mass is 9.95. The van der Waals surface area contributed by atoms with Crippen molar-refractivity contribution in [3.8, 4) is 17.2 Å². The summed E-state index contributed by atoms with van der Waals surface area (Å²) in [5.41, 5.74) is 3.80. The Bertz CT molecular complexity index is 1710. The van der Waals surface area contributed by atoms with Gasteiger partial charge in [-0.05, 0) is 73.4 Å². The molecule has 2 aliphatic rings. The topological polar surface area (TPSA) is 98.2 Å². The molecule has 0 spiro atoms. The van der Waals surface area contributed by atoms with Crippen LogP contribution in [0, 0.1) is 13.8 Å². The van der Waals surface area contributed by atoms with E-state index < -0.39 is 17.7 Å². The zero-order chi connectivity index (χ0) is 28.7. The number of ether oxygens (including phenoxy) is 3. The number of ketones is 1. The van der Waals surface area contributed by atoms with E-state index in [0.29, 0.717) is 53.3 Å².